The molecule has 2 fully saturated rings. The summed E-state index contributed by atoms with van der Waals surface area (Å²) in [5, 5.41) is 86.7. The first-order valence-electron chi connectivity index (χ1n) is 30.6. The van der Waals surface area contributed by atoms with Gasteiger partial charge in [-0.25, -0.2) is 0 Å². The second-order valence-corrected chi connectivity index (χ2v) is 21.1. The maximum atomic E-state index is 13.2. The first kappa shape index (κ1) is 71.8. The second-order valence-electron chi connectivity index (χ2n) is 21.1. The Balaban J connectivity index is 1.58. The fourth-order valence-electron chi connectivity index (χ4n) is 9.31. The van der Waals surface area contributed by atoms with Crippen molar-refractivity contribution < 1.29 is 64.6 Å². The Morgan fingerprint density at radius 1 is 0.468 bits per heavy atom. The summed E-state index contributed by atoms with van der Waals surface area (Å²) in [5.74, 6) is -0.250. The van der Waals surface area contributed by atoms with Gasteiger partial charge in [-0.15, -0.1) is 0 Å². The smallest absolute Gasteiger partial charge is 0.220 e. The molecule has 0 saturated carbocycles. The highest BCUT2D eigenvalue weighted by atomic mass is 16.7. The van der Waals surface area contributed by atoms with Crippen LogP contribution < -0.4 is 5.32 Å². The number of nitrogens with one attached hydrogen (secondary N) is 1. The van der Waals surface area contributed by atoms with Crippen molar-refractivity contribution in [2.24, 2.45) is 0 Å². The average molecular weight is 1110 g/mol. The van der Waals surface area contributed by atoms with Crippen molar-refractivity contribution in [1.82, 2.24) is 5.32 Å². The number of allylic oxidation sites excluding steroid dienone is 17. The SMILES string of the molecule is CC/C=C\C/C=C\C/C=C\C/C=C\C/C=C\C/C=C\C/C=C\C/C=C\CCCCCCCCCCCCCCC(=O)NC(COC1OC(CO)C(OC2OC(CO)C(O)C(O)C2O)C(O)C1O)C(O)/C=C/CCCCCCCC. The van der Waals surface area contributed by atoms with Crippen LogP contribution in [0.3, 0.4) is 0 Å². The van der Waals surface area contributed by atoms with Gasteiger partial charge in [-0.2, -0.15) is 0 Å². The quantitative estimate of drug-likeness (QED) is 0.0204. The molecule has 2 rings (SSSR count). The van der Waals surface area contributed by atoms with Gasteiger partial charge in [0, 0.05) is 6.42 Å². The number of rotatable bonds is 47. The Morgan fingerprint density at radius 3 is 1.34 bits per heavy atom. The van der Waals surface area contributed by atoms with Gasteiger partial charge >= 0.3 is 0 Å². The molecule has 0 aromatic rings. The molecule has 79 heavy (non-hydrogen) atoms. The Morgan fingerprint density at radius 2 is 0.873 bits per heavy atom. The molecule has 14 nitrogen and oxygen atoms in total. The van der Waals surface area contributed by atoms with Crippen LogP contribution in [0, 0.1) is 0 Å². The molecule has 0 spiro atoms. The lowest BCUT2D eigenvalue weighted by atomic mass is 9.97. The molecule has 2 aliphatic rings. The number of carbonyl (C=O) groups excluding carboxylic acids is 1. The zero-order valence-electron chi connectivity index (χ0n) is 48.6. The van der Waals surface area contributed by atoms with Gasteiger partial charge in [0.25, 0.3) is 0 Å². The molecule has 2 saturated heterocycles. The van der Waals surface area contributed by atoms with E-state index >= 15 is 0 Å². The van der Waals surface area contributed by atoms with Crippen molar-refractivity contribution in [3.8, 4) is 0 Å². The molecule has 2 heterocycles. The van der Waals surface area contributed by atoms with Crippen LogP contribution in [0.2, 0.25) is 0 Å². The lowest BCUT2D eigenvalue weighted by molar-refractivity contribution is -0.359. The number of amides is 1. The molecule has 0 aromatic heterocycles. The van der Waals surface area contributed by atoms with Crippen LogP contribution in [-0.2, 0) is 23.7 Å². The van der Waals surface area contributed by atoms with Gasteiger partial charge in [0.05, 0.1) is 32.0 Å². The molecule has 9 N–H and O–H groups in total. The number of hydrogen-bond donors (Lipinski definition) is 9. The van der Waals surface area contributed by atoms with Crippen molar-refractivity contribution in [3.63, 3.8) is 0 Å². The van der Waals surface area contributed by atoms with E-state index in [0.29, 0.717) is 6.42 Å². The highest BCUT2D eigenvalue weighted by Gasteiger charge is 2.51. The van der Waals surface area contributed by atoms with Crippen LogP contribution in [0.1, 0.15) is 200 Å². The summed E-state index contributed by atoms with van der Waals surface area (Å²) in [5.41, 5.74) is 0. The largest absolute Gasteiger partial charge is 0.394 e. The first-order chi connectivity index (χ1) is 38.6. The van der Waals surface area contributed by atoms with Gasteiger partial charge in [-0.1, -0.05) is 220 Å². The van der Waals surface area contributed by atoms with E-state index in [1.807, 2.05) is 6.08 Å². The topological polar surface area (TPSA) is 228 Å². The van der Waals surface area contributed by atoms with Crippen LogP contribution in [0.25, 0.3) is 0 Å². The fourth-order valence-corrected chi connectivity index (χ4v) is 9.31. The minimum Gasteiger partial charge on any atom is -0.394 e. The number of ether oxygens (including phenoxy) is 4. The molecule has 12 atom stereocenters. The molecule has 0 aromatic carbocycles. The summed E-state index contributed by atoms with van der Waals surface area (Å²) in [6.07, 6.45) is 53.1. The molecule has 1 amide bonds. The van der Waals surface area contributed by atoms with Crippen LogP contribution in [0.15, 0.2) is 109 Å². The molecule has 2 aliphatic heterocycles. The summed E-state index contributed by atoms with van der Waals surface area (Å²) < 4.78 is 22.7. The lowest BCUT2D eigenvalue weighted by Gasteiger charge is -2.46. The average Bonchev–Trinajstić information content (AvgIpc) is 3.47. The maximum absolute atomic E-state index is 13.2. The van der Waals surface area contributed by atoms with Crippen molar-refractivity contribution in [3.05, 3.63) is 109 Å². The third-order valence-corrected chi connectivity index (χ3v) is 14.2. The van der Waals surface area contributed by atoms with E-state index in [-0.39, 0.29) is 18.9 Å². The Kier molecular flexibility index (Phi) is 44.8. The van der Waals surface area contributed by atoms with Gasteiger partial charge < -0.3 is 65.1 Å². The van der Waals surface area contributed by atoms with E-state index in [0.717, 1.165) is 103 Å². The van der Waals surface area contributed by atoms with Gasteiger partial charge in [0.2, 0.25) is 5.91 Å². The number of aliphatic hydroxyl groups excluding tert-OH is 8. The highest BCUT2D eigenvalue weighted by molar-refractivity contribution is 5.76. The summed E-state index contributed by atoms with van der Waals surface area (Å²) in [4.78, 5) is 13.2. The first-order valence-corrected chi connectivity index (χ1v) is 30.6. The van der Waals surface area contributed by atoms with E-state index in [2.05, 4.69) is 116 Å². The number of aliphatic hydroxyl groups is 8. The summed E-state index contributed by atoms with van der Waals surface area (Å²) in [6.45, 7) is 2.61. The van der Waals surface area contributed by atoms with E-state index in [9.17, 15) is 45.6 Å². The van der Waals surface area contributed by atoms with Gasteiger partial charge in [-0.3, -0.25) is 4.79 Å². The molecule has 0 radical (unpaired) electrons. The van der Waals surface area contributed by atoms with Crippen molar-refractivity contribution >= 4 is 5.91 Å². The number of carbonyl (C=O) groups is 1. The fraction of sp³-hybridized carbons (Fsp3) is 0.708. The normalized spacial score (nSPS) is 25.2. The van der Waals surface area contributed by atoms with Crippen molar-refractivity contribution in [2.75, 3.05) is 19.8 Å². The molecule has 12 unspecified atom stereocenters. The molecule has 0 aliphatic carbocycles. The molecule has 0 bridgehead atoms. The summed E-state index contributed by atoms with van der Waals surface area (Å²) >= 11 is 0. The highest BCUT2D eigenvalue weighted by Crippen LogP contribution is 2.30. The number of hydrogen-bond acceptors (Lipinski definition) is 13. The second kappa shape index (κ2) is 49.3. The maximum Gasteiger partial charge on any atom is 0.220 e. The minimum absolute atomic E-state index is 0.250. The van der Waals surface area contributed by atoms with Gasteiger partial charge in [0.15, 0.2) is 12.6 Å². The third kappa shape index (κ3) is 34.6. The third-order valence-electron chi connectivity index (χ3n) is 14.2. The standard InChI is InChI=1S/C65H109NO13/c1-3-5-7-9-11-13-14-15-16-17-18-19-20-21-22-23-24-25-26-27-28-29-30-31-32-33-34-35-36-37-38-39-40-41-43-45-47-49-57(70)66-53(54(69)48-46-44-42-12-10-8-6-4-2)52-76-64-62(75)60(73)63(56(51-68)78-64)79-65-61(74)59(72)58(71)55(50-67)77-65/h5,7,11,13,15-16,18-19,21-22,24-25,27-28,30-31,46,48,53-56,58-65,67-69,71-75H,3-4,6,8-10,12,14,17,20,23,26,29,32-45,47,49-52H2,1-2H3,(H,66,70)/b7-5-,13-11-,16-15-,19-18-,22-21-,25-24-,28-27-,31-30-,48-46+. The molecule has 14 heteroatoms. The minimum atomic E-state index is -1.79. The van der Waals surface area contributed by atoms with E-state index in [1.165, 1.54) is 70.6 Å². The predicted octanol–water partition coefficient (Wildman–Crippen LogP) is 10.8. The van der Waals surface area contributed by atoms with E-state index in [4.69, 9.17) is 18.9 Å². The van der Waals surface area contributed by atoms with E-state index < -0.39 is 86.8 Å². The lowest BCUT2D eigenvalue weighted by Crippen LogP contribution is -2.65. The van der Waals surface area contributed by atoms with Gasteiger partial charge in [-0.05, 0) is 83.5 Å². The van der Waals surface area contributed by atoms with E-state index in [1.54, 1.807) is 6.08 Å². The van der Waals surface area contributed by atoms with Crippen LogP contribution in [0.4, 0.5) is 0 Å². The summed E-state index contributed by atoms with van der Waals surface area (Å²) in [6, 6.07) is -0.919. The van der Waals surface area contributed by atoms with Crippen LogP contribution in [0.5, 0.6) is 0 Å². The van der Waals surface area contributed by atoms with Crippen LogP contribution >= 0.6 is 0 Å². The summed E-state index contributed by atoms with van der Waals surface area (Å²) in [7, 11) is 0. The molecular formula is C65H109NO13. The Hall–Kier alpha value is -3.35. The van der Waals surface area contributed by atoms with Gasteiger partial charge in [0.1, 0.15) is 48.8 Å². The van der Waals surface area contributed by atoms with Crippen molar-refractivity contribution in [1.29, 1.82) is 0 Å². The Labute approximate surface area is 476 Å². The molecular weight excluding hydrogens is 1000 g/mol. The van der Waals surface area contributed by atoms with Crippen molar-refractivity contribution in [2.45, 2.75) is 274 Å². The predicted molar refractivity (Wildman–Crippen MR) is 318 cm³/mol. The van der Waals surface area contributed by atoms with Crippen LogP contribution in [-0.4, -0.2) is 140 Å². The zero-order valence-corrected chi connectivity index (χ0v) is 48.6. The monoisotopic (exact) mass is 1110 g/mol. The zero-order chi connectivity index (χ0) is 57.4. The number of unbranched alkanes of at least 4 members (excludes halogenated alkanes) is 18. The molecule has 452 valence electrons. The Bertz CT molecular complexity index is 1740.